The number of benzene rings is 2. The average Bonchev–Trinajstić information content (AvgIpc) is 3.22. The van der Waals surface area contributed by atoms with E-state index >= 15 is 0 Å². The van der Waals surface area contributed by atoms with Gasteiger partial charge in [0.25, 0.3) is 5.91 Å². The van der Waals surface area contributed by atoms with Crippen LogP contribution in [0.15, 0.2) is 47.4 Å². The molecule has 0 saturated carbocycles. The summed E-state index contributed by atoms with van der Waals surface area (Å²) >= 11 is 6.21. The fourth-order valence-corrected chi connectivity index (χ4v) is 4.90. The van der Waals surface area contributed by atoms with Crippen LogP contribution in [-0.4, -0.2) is 38.3 Å². The van der Waals surface area contributed by atoms with Crippen LogP contribution in [0.25, 0.3) is 0 Å². The lowest BCUT2D eigenvalue weighted by Crippen LogP contribution is -2.42. The highest BCUT2D eigenvalue weighted by atomic mass is 35.5. The van der Waals surface area contributed by atoms with Crippen molar-refractivity contribution >= 4 is 33.2 Å². The van der Waals surface area contributed by atoms with Gasteiger partial charge in [-0.25, -0.2) is 8.42 Å². The summed E-state index contributed by atoms with van der Waals surface area (Å²) in [6.07, 6.45) is 1.70. The molecular formula is C20H24ClN3O3S. The minimum absolute atomic E-state index is 0.0855. The Kier molecular flexibility index (Phi) is 6.27. The fraction of sp³-hybridized carbons (Fsp3) is 0.350. The first-order valence-corrected chi connectivity index (χ1v) is 11.1. The number of sulfonamides is 1. The van der Waals surface area contributed by atoms with Crippen LogP contribution in [0, 0.1) is 6.92 Å². The first kappa shape index (κ1) is 20.6. The summed E-state index contributed by atoms with van der Waals surface area (Å²) in [4.78, 5) is 12.9. The van der Waals surface area contributed by atoms with E-state index in [-0.39, 0.29) is 15.5 Å². The van der Waals surface area contributed by atoms with Crippen LogP contribution in [-0.2, 0) is 10.0 Å². The number of rotatable bonds is 6. The molecule has 0 aromatic heterocycles. The van der Waals surface area contributed by atoms with Crippen molar-refractivity contribution in [1.82, 2.24) is 9.73 Å². The van der Waals surface area contributed by atoms with Crippen LogP contribution in [0.3, 0.4) is 0 Å². The lowest BCUT2D eigenvalue weighted by Gasteiger charge is -2.24. The predicted octanol–water partition coefficient (Wildman–Crippen LogP) is 3.60. The van der Waals surface area contributed by atoms with E-state index in [0.29, 0.717) is 19.6 Å². The van der Waals surface area contributed by atoms with Gasteiger partial charge in [0, 0.05) is 19.6 Å². The number of hydrogen-bond donors (Lipinski definition) is 1. The minimum Gasteiger partial charge on any atom is -0.286 e. The highest BCUT2D eigenvalue weighted by Crippen LogP contribution is 2.25. The molecule has 2 aromatic rings. The van der Waals surface area contributed by atoms with Crippen molar-refractivity contribution in [3.63, 3.8) is 0 Å². The third-order valence-electron chi connectivity index (χ3n) is 4.78. The van der Waals surface area contributed by atoms with E-state index in [9.17, 15) is 13.2 Å². The van der Waals surface area contributed by atoms with Crippen molar-refractivity contribution in [3.8, 4) is 0 Å². The van der Waals surface area contributed by atoms with Crippen molar-refractivity contribution in [2.45, 2.75) is 31.6 Å². The highest BCUT2D eigenvalue weighted by molar-refractivity contribution is 7.89. The predicted molar refractivity (Wildman–Crippen MR) is 111 cm³/mol. The number of halogens is 1. The molecule has 0 radical (unpaired) electrons. The number of anilines is 1. The maximum atomic E-state index is 12.8. The Morgan fingerprint density at radius 3 is 2.39 bits per heavy atom. The number of carbonyl (C=O) groups excluding carboxylic acids is 1. The van der Waals surface area contributed by atoms with Gasteiger partial charge in [0.1, 0.15) is 0 Å². The van der Waals surface area contributed by atoms with E-state index in [1.807, 2.05) is 38.1 Å². The van der Waals surface area contributed by atoms with E-state index in [1.54, 1.807) is 5.01 Å². The van der Waals surface area contributed by atoms with Crippen LogP contribution >= 0.6 is 11.6 Å². The SMILES string of the molecule is CCN(NC(=O)c1cc(S(=O)(=O)N2CCCC2)ccc1Cl)c1ccc(C)cc1. The number of aryl methyl sites for hydroxylation is 1. The lowest BCUT2D eigenvalue weighted by atomic mass is 10.2. The molecule has 1 N–H and O–H groups in total. The number of amides is 1. The van der Waals surface area contributed by atoms with Crippen molar-refractivity contribution in [3.05, 3.63) is 58.6 Å². The van der Waals surface area contributed by atoms with Gasteiger partial charge >= 0.3 is 0 Å². The van der Waals surface area contributed by atoms with E-state index < -0.39 is 15.9 Å². The first-order chi connectivity index (χ1) is 13.3. The van der Waals surface area contributed by atoms with Gasteiger partial charge in [0.15, 0.2) is 0 Å². The number of hydrogen-bond acceptors (Lipinski definition) is 4. The molecule has 1 amide bonds. The van der Waals surface area contributed by atoms with Crippen molar-refractivity contribution < 1.29 is 13.2 Å². The molecule has 6 nitrogen and oxygen atoms in total. The number of hydrazine groups is 1. The van der Waals surface area contributed by atoms with Gasteiger partial charge in [-0.1, -0.05) is 29.3 Å². The van der Waals surface area contributed by atoms with Crippen LogP contribution in [0.1, 0.15) is 35.7 Å². The highest BCUT2D eigenvalue weighted by Gasteiger charge is 2.28. The zero-order chi connectivity index (χ0) is 20.3. The Balaban J connectivity index is 1.85. The zero-order valence-electron chi connectivity index (χ0n) is 16.0. The molecule has 2 aromatic carbocycles. The maximum Gasteiger partial charge on any atom is 0.271 e. The number of nitrogens with zero attached hydrogens (tertiary/aromatic N) is 2. The molecule has 150 valence electrons. The van der Waals surface area contributed by atoms with Crippen LogP contribution < -0.4 is 10.4 Å². The van der Waals surface area contributed by atoms with Gasteiger partial charge in [0.2, 0.25) is 10.0 Å². The largest absolute Gasteiger partial charge is 0.286 e. The summed E-state index contributed by atoms with van der Waals surface area (Å²) in [7, 11) is -3.62. The normalized spacial score (nSPS) is 14.8. The Bertz CT molecular complexity index is 955. The Morgan fingerprint density at radius 1 is 1.14 bits per heavy atom. The van der Waals surface area contributed by atoms with Crippen molar-refractivity contribution in [2.75, 3.05) is 24.6 Å². The molecule has 0 atom stereocenters. The summed E-state index contributed by atoms with van der Waals surface area (Å²) in [6, 6.07) is 12.0. The Hall–Kier alpha value is -2.09. The Labute approximate surface area is 171 Å². The molecule has 1 heterocycles. The van der Waals surface area contributed by atoms with Crippen molar-refractivity contribution in [1.29, 1.82) is 0 Å². The third-order valence-corrected chi connectivity index (χ3v) is 7.01. The molecule has 0 spiro atoms. The zero-order valence-corrected chi connectivity index (χ0v) is 17.6. The van der Waals surface area contributed by atoms with Crippen LogP contribution in [0.4, 0.5) is 5.69 Å². The summed E-state index contributed by atoms with van der Waals surface area (Å²) in [5, 5.41) is 1.90. The topological polar surface area (TPSA) is 69.7 Å². The second-order valence-electron chi connectivity index (χ2n) is 6.77. The molecule has 8 heteroatoms. The molecule has 1 fully saturated rings. The molecule has 28 heavy (non-hydrogen) atoms. The minimum atomic E-state index is -3.62. The van der Waals surface area contributed by atoms with E-state index in [0.717, 1.165) is 24.1 Å². The van der Waals surface area contributed by atoms with Gasteiger partial charge in [-0.2, -0.15) is 4.31 Å². The van der Waals surface area contributed by atoms with E-state index in [4.69, 9.17) is 11.6 Å². The van der Waals surface area contributed by atoms with Crippen molar-refractivity contribution in [2.24, 2.45) is 0 Å². The quantitative estimate of drug-likeness (QED) is 0.723. The van der Waals surface area contributed by atoms with Gasteiger partial charge in [0.05, 0.1) is 21.2 Å². The molecule has 0 aliphatic carbocycles. The standard InChI is InChI=1S/C20H24ClN3O3S/c1-3-24(16-8-6-15(2)7-9-16)22-20(25)18-14-17(10-11-19(18)21)28(26,27)23-12-4-5-13-23/h6-11,14H,3-5,12-13H2,1-2H3,(H,22,25). The second kappa shape index (κ2) is 8.51. The Morgan fingerprint density at radius 2 is 1.79 bits per heavy atom. The number of nitrogens with one attached hydrogen (secondary N) is 1. The summed E-state index contributed by atoms with van der Waals surface area (Å²) < 4.78 is 27.0. The van der Waals surface area contributed by atoms with Gasteiger partial charge in [-0.05, 0) is 57.0 Å². The maximum absolute atomic E-state index is 12.8. The van der Waals surface area contributed by atoms with Gasteiger partial charge < -0.3 is 0 Å². The molecular weight excluding hydrogens is 398 g/mol. The number of carbonyl (C=O) groups is 1. The second-order valence-corrected chi connectivity index (χ2v) is 9.12. The average molecular weight is 422 g/mol. The molecule has 3 rings (SSSR count). The molecule has 1 aliphatic heterocycles. The fourth-order valence-electron chi connectivity index (χ4n) is 3.15. The monoisotopic (exact) mass is 421 g/mol. The molecule has 1 aliphatic rings. The van der Waals surface area contributed by atoms with Crippen LogP contribution in [0.5, 0.6) is 0 Å². The lowest BCUT2D eigenvalue weighted by molar-refractivity contribution is 0.0949. The first-order valence-electron chi connectivity index (χ1n) is 9.28. The summed E-state index contributed by atoms with van der Waals surface area (Å²) in [5.41, 5.74) is 4.89. The third kappa shape index (κ3) is 4.32. The molecule has 1 saturated heterocycles. The molecule has 0 unspecified atom stereocenters. The van der Waals surface area contributed by atoms with E-state index in [2.05, 4.69) is 5.43 Å². The summed E-state index contributed by atoms with van der Waals surface area (Å²) in [5.74, 6) is -0.453. The van der Waals surface area contributed by atoms with E-state index in [1.165, 1.54) is 22.5 Å². The smallest absolute Gasteiger partial charge is 0.271 e. The van der Waals surface area contributed by atoms with Crippen LogP contribution in [0.2, 0.25) is 5.02 Å². The van der Waals surface area contributed by atoms with Gasteiger partial charge in [-0.3, -0.25) is 15.2 Å². The summed E-state index contributed by atoms with van der Waals surface area (Å²) in [6.45, 7) is 5.45. The molecule has 0 bridgehead atoms. The van der Waals surface area contributed by atoms with Gasteiger partial charge in [-0.15, -0.1) is 0 Å².